The van der Waals surface area contributed by atoms with E-state index in [-0.39, 0.29) is 5.97 Å². The number of anilines is 1. The van der Waals surface area contributed by atoms with Crippen molar-refractivity contribution >= 4 is 66.3 Å². The van der Waals surface area contributed by atoms with E-state index in [1.54, 1.807) is 0 Å². The lowest BCUT2D eigenvalue weighted by Crippen LogP contribution is -2.17. The summed E-state index contributed by atoms with van der Waals surface area (Å²) in [6.45, 7) is 5.05. The van der Waals surface area contributed by atoms with E-state index in [0.717, 1.165) is 57.3 Å². The molecule has 0 atom stereocenters. The molecule has 2 aromatic heterocycles. The summed E-state index contributed by atoms with van der Waals surface area (Å²) in [6.07, 6.45) is 6.45. The van der Waals surface area contributed by atoms with Gasteiger partial charge in [0, 0.05) is 23.7 Å². The molecule has 0 amide bonds. The van der Waals surface area contributed by atoms with Crippen LogP contribution in [0.5, 0.6) is 5.75 Å². The number of esters is 1. The Hall–Kier alpha value is -3.56. The van der Waals surface area contributed by atoms with Crippen molar-refractivity contribution in [3.8, 4) is 5.75 Å². The molecule has 1 aliphatic heterocycles. The number of aromatic nitrogens is 1. The maximum atomic E-state index is 12.6. The normalized spacial score (nSPS) is 14.1. The summed E-state index contributed by atoms with van der Waals surface area (Å²) >= 11 is 2.98. The first kappa shape index (κ1) is 26.1. The number of thiazole rings is 1. The predicted molar refractivity (Wildman–Crippen MR) is 156 cm³/mol. The molecule has 1 aliphatic rings. The van der Waals surface area contributed by atoms with Crippen LogP contribution in [0.4, 0.5) is 16.5 Å². The number of nitrogens with zero attached hydrogens (tertiary/aromatic N) is 4. The third-order valence-electron chi connectivity index (χ3n) is 6.29. The van der Waals surface area contributed by atoms with Crippen LogP contribution in [0.1, 0.15) is 43.0 Å². The molecule has 4 aromatic rings. The van der Waals surface area contributed by atoms with Crippen molar-refractivity contribution in [2.45, 2.75) is 32.6 Å². The SMILES string of the molecule is CCCCOc1ccc(/C(=C/c2cc3sc(/N=N/c4ccc(N5CCCC5)cc4)nc3s2)C(=O)OC)cc1. The van der Waals surface area contributed by atoms with Crippen molar-refractivity contribution in [3.05, 3.63) is 65.0 Å². The van der Waals surface area contributed by atoms with Crippen LogP contribution in [0.3, 0.4) is 0 Å². The predicted octanol–water partition coefficient (Wildman–Crippen LogP) is 8.27. The monoisotopic (exact) mass is 546 g/mol. The van der Waals surface area contributed by atoms with Gasteiger partial charge >= 0.3 is 5.97 Å². The van der Waals surface area contributed by atoms with Gasteiger partial charge in [-0.1, -0.05) is 36.8 Å². The third kappa shape index (κ3) is 6.28. The zero-order valence-electron chi connectivity index (χ0n) is 21.6. The van der Waals surface area contributed by atoms with Crippen molar-refractivity contribution in [1.82, 2.24) is 4.98 Å². The van der Waals surface area contributed by atoms with Crippen LogP contribution in [0.25, 0.3) is 21.2 Å². The van der Waals surface area contributed by atoms with Crippen molar-refractivity contribution in [1.29, 1.82) is 0 Å². The smallest absolute Gasteiger partial charge is 0.338 e. The molecule has 9 heteroatoms. The van der Waals surface area contributed by atoms with Crippen LogP contribution in [-0.2, 0) is 9.53 Å². The molecule has 2 aromatic carbocycles. The van der Waals surface area contributed by atoms with E-state index in [0.29, 0.717) is 17.3 Å². The Labute approximate surface area is 230 Å². The Morgan fingerprint density at radius 1 is 1.05 bits per heavy atom. The molecule has 38 heavy (non-hydrogen) atoms. The summed E-state index contributed by atoms with van der Waals surface area (Å²) in [5, 5.41) is 9.33. The lowest BCUT2D eigenvalue weighted by molar-refractivity contribution is -0.133. The van der Waals surface area contributed by atoms with Gasteiger partial charge < -0.3 is 14.4 Å². The Kier molecular flexibility index (Phi) is 8.45. The molecule has 5 rings (SSSR count). The van der Waals surface area contributed by atoms with Gasteiger partial charge in [-0.3, -0.25) is 0 Å². The summed E-state index contributed by atoms with van der Waals surface area (Å²) in [5.74, 6) is 0.399. The molecule has 0 bridgehead atoms. The van der Waals surface area contributed by atoms with E-state index in [4.69, 9.17) is 9.47 Å². The third-order valence-corrected chi connectivity index (χ3v) is 8.28. The number of carbonyl (C=O) groups is 1. The highest BCUT2D eigenvalue weighted by Gasteiger charge is 2.15. The van der Waals surface area contributed by atoms with E-state index in [2.05, 4.69) is 39.2 Å². The zero-order valence-corrected chi connectivity index (χ0v) is 23.2. The quantitative estimate of drug-likeness (QED) is 0.0866. The van der Waals surface area contributed by atoms with E-state index in [1.807, 2.05) is 48.5 Å². The fraction of sp³-hybridized carbons (Fsp3) is 0.310. The number of azo groups is 1. The highest BCUT2D eigenvalue weighted by molar-refractivity contribution is 7.29. The molecule has 0 unspecified atom stereocenters. The first-order valence-corrected chi connectivity index (χ1v) is 14.5. The fourth-order valence-electron chi connectivity index (χ4n) is 4.24. The molecular weight excluding hydrogens is 516 g/mol. The van der Waals surface area contributed by atoms with E-state index < -0.39 is 0 Å². The van der Waals surface area contributed by atoms with Crippen LogP contribution >= 0.6 is 22.7 Å². The van der Waals surface area contributed by atoms with E-state index in [9.17, 15) is 4.79 Å². The molecule has 0 saturated carbocycles. The Morgan fingerprint density at radius 2 is 1.82 bits per heavy atom. The van der Waals surface area contributed by atoms with Gasteiger partial charge in [0.1, 0.15) is 10.6 Å². The topological polar surface area (TPSA) is 76.4 Å². The largest absolute Gasteiger partial charge is 0.494 e. The van der Waals surface area contributed by atoms with Crippen LogP contribution in [0, 0.1) is 0 Å². The number of methoxy groups -OCH3 is 1. The number of carbonyl (C=O) groups excluding carboxylic acids is 1. The summed E-state index contributed by atoms with van der Waals surface area (Å²) in [7, 11) is 1.39. The van der Waals surface area contributed by atoms with Gasteiger partial charge in [0.25, 0.3) is 0 Å². The number of fused-ring (bicyclic) bond motifs is 1. The maximum Gasteiger partial charge on any atom is 0.338 e. The molecule has 7 nitrogen and oxygen atoms in total. The Balaban J connectivity index is 1.29. The van der Waals surface area contributed by atoms with Gasteiger partial charge in [0.2, 0.25) is 5.13 Å². The fourth-order valence-corrected chi connectivity index (χ4v) is 6.22. The van der Waals surface area contributed by atoms with E-state index in [1.165, 1.54) is 48.3 Å². The van der Waals surface area contributed by atoms with Crippen molar-refractivity contribution < 1.29 is 14.3 Å². The summed E-state index contributed by atoms with van der Waals surface area (Å²) in [5.41, 5.74) is 3.30. The Morgan fingerprint density at radius 3 is 2.50 bits per heavy atom. The van der Waals surface area contributed by atoms with Gasteiger partial charge in [0.05, 0.1) is 29.7 Å². The number of ether oxygens (including phenoxy) is 2. The zero-order chi connectivity index (χ0) is 26.3. The lowest BCUT2D eigenvalue weighted by atomic mass is 10.1. The first-order valence-electron chi connectivity index (χ1n) is 12.8. The van der Waals surface area contributed by atoms with Crippen molar-refractivity contribution in [2.24, 2.45) is 10.2 Å². The summed E-state index contributed by atoms with van der Waals surface area (Å²) in [4.78, 5) is 21.4. The van der Waals surface area contributed by atoms with Gasteiger partial charge in [-0.05, 0) is 73.4 Å². The van der Waals surface area contributed by atoms with Gasteiger partial charge in [-0.15, -0.1) is 21.6 Å². The highest BCUT2D eigenvalue weighted by Crippen LogP contribution is 2.37. The van der Waals surface area contributed by atoms with Crippen LogP contribution in [0.2, 0.25) is 0 Å². The molecular formula is C29H30N4O3S2. The van der Waals surface area contributed by atoms with Crippen LogP contribution in [0.15, 0.2) is 64.8 Å². The van der Waals surface area contributed by atoms with E-state index >= 15 is 0 Å². The number of thiophene rings is 1. The summed E-state index contributed by atoms with van der Waals surface area (Å²) < 4.78 is 11.8. The molecule has 3 heterocycles. The number of hydrogen-bond donors (Lipinski definition) is 0. The minimum absolute atomic E-state index is 0.389. The molecule has 0 spiro atoms. The molecule has 0 radical (unpaired) electrons. The minimum Gasteiger partial charge on any atom is -0.494 e. The number of rotatable bonds is 10. The number of unbranched alkanes of at least 4 members (excludes halogenated alkanes) is 1. The maximum absolute atomic E-state index is 12.6. The lowest BCUT2D eigenvalue weighted by Gasteiger charge is -2.17. The second-order valence-corrected chi connectivity index (χ2v) is 11.1. The standard InChI is InChI=1S/C29H30N4O3S2/c1-3-4-17-36-23-13-7-20(8-14-23)25(28(34)35-2)18-24-19-26-27(37-24)30-29(38-26)32-31-21-9-11-22(12-10-21)33-15-5-6-16-33/h7-14,18-19H,3-6,15-17H2,1-2H3/b25-18-,32-31+. The number of benzene rings is 2. The van der Waals surface area contributed by atoms with Crippen LogP contribution < -0.4 is 9.64 Å². The second-order valence-electron chi connectivity index (χ2n) is 9.00. The minimum atomic E-state index is -0.389. The number of hydrogen-bond acceptors (Lipinski definition) is 9. The second kappa shape index (κ2) is 12.3. The molecule has 0 aliphatic carbocycles. The average molecular weight is 547 g/mol. The van der Waals surface area contributed by atoms with Crippen molar-refractivity contribution in [2.75, 3.05) is 31.7 Å². The highest BCUT2D eigenvalue weighted by atomic mass is 32.1. The van der Waals surface area contributed by atoms with Crippen molar-refractivity contribution in [3.63, 3.8) is 0 Å². The molecule has 0 N–H and O–H groups in total. The van der Waals surface area contributed by atoms with Crippen LogP contribution in [-0.4, -0.2) is 37.8 Å². The summed E-state index contributed by atoms with van der Waals surface area (Å²) in [6, 6.07) is 17.7. The molecule has 1 saturated heterocycles. The van der Waals surface area contributed by atoms with Gasteiger partial charge in [-0.25, -0.2) is 9.78 Å². The Bertz CT molecular complexity index is 1400. The molecule has 196 valence electrons. The first-order chi connectivity index (χ1) is 18.6. The van der Waals surface area contributed by atoms with Gasteiger partial charge in [0.15, 0.2) is 0 Å². The average Bonchev–Trinajstić information content (AvgIpc) is 3.69. The molecule has 1 fully saturated rings. The van der Waals surface area contributed by atoms with Gasteiger partial charge in [-0.2, -0.15) is 0 Å².